The SMILES string of the molecule is O=C(NCc1cc(-c2ccccc2F)no1)C1CC(=O)N(C2CCCC2)C1. The van der Waals surface area contributed by atoms with Crippen LogP contribution in [0.25, 0.3) is 11.3 Å². The van der Waals surface area contributed by atoms with E-state index in [9.17, 15) is 14.0 Å². The summed E-state index contributed by atoms with van der Waals surface area (Å²) in [5, 5.41) is 6.68. The molecule has 6 nitrogen and oxygen atoms in total. The van der Waals surface area contributed by atoms with Crippen molar-refractivity contribution in [2.24, 2.45) is 5.92 Å². The van der Waals surface area contributed by atoms with Crippen LogP contribution in [0.15, 0.2) is 34.9 Å². The molecule has 1 aromatic carbocycles. The van der Waals surface area contributed by atoms with Gasteiger partial charge in [0.1, 0.15) is 11.5 Å². The number of likely N-dealkylation sites (tertiary alicyclic amines) is 1. The number of aromatic nitrogens is 1. The summed E-state index contributed by atoms with van der Waals surface area (Å²) < 4.78 is 19.0. The third-order valence-electron chi connectivity index (χ3n) is 5.44. The van der Waals surface area contributed by atoms with Gasteiger partial charge < -0.3 is 14.7 Å². The van der Waals surface area contributed by atoms with Gasteiger partial charge in [-0.3, -0.25) is 9.59 Å². The molecule has 1 aromatic heterocycles. The number of benzene rings is 1. The van der Waals surface area contributed by atoms with Crippen LogP contribution in [0.1, 0.15) is 37.9 Å². The number of halogens is 1. The van der Waals surface area contributed by atoms with Crippen molar-refractivity contribution >= 4 is 11.8 Å². The Kier molecular flexibility index (Phi) is 4.92. The minimum atomic E-state index is -0.377. The lowest BCUT2D eigenvalue weighted by Gasteiger charge is -2.23. The summed E-state index contributed by atoms with van der Waals surface area (Å²) in [5.41, 5.74) is 0.744. The molecule has 7 heteroatoms. The van der Waals surface area contributed by atoms with Crippen molar-refractivity contribution in [2.75, 3.05) is 6.54 Å². The summed E-state index contributed by atoms with van der Waals surface area (Å²) >= 11 is 0. The Bertz CT molecular complexity index is 845. The van der Waals surface area contributed by atoms with Crippen LogP contribution in [-0.4, -0.2) is 34.5 Å². The van der Waals surface area contributed by atoms with E-state index < -0.39 is 0 Å². The van der Waals surface area contributed by atoms with Crippen molar-refractivity contribution in [1.82, 2.24) is 15.4 Å². The van der Waals surface area contributed by atoms with Gasteiger partial charge in [0.05, 0.1) is 12.5 Å². The molecular formula is C20H22FN3O3. The lowest BCUT2D eigenvalue weighted by molar-refractivity contribution is -0.130. The normalized spacial score (nSPS) is 20.4. The van der Waals surface area contributed by atoms with Crippen LogP contribution in [0, 0.1) is 11.7 Å². The smallest absolute Gasteiger partial charge is 0.225 e. The van der Waals surface area contributed by atoms with Gasteiger partial charge in [-0.1, -0.05) is 30.1 Å². The first kappa shape index (κ1) is 17.7. The highest BCUT2D eigenvalue weighted by molar-refractivity contribution is 5.89. The number of rotatable bonds is 5. The molecule has 1 atom stereocenters. The molecule has 4 rings (SSSR count). The Hall–Kier alpha value is -2.70. The van der Waals surface area contributed by atoms with E-state index in [1.165, 1.54) is 6.07 Å². The summed E-state index contributed by atoms with van der Waals surface area (Å²) in [6.45, 7) is 0.653. The zero-order chi connectivity index (χ0) is 18.8. The van der Waals surface area contributed by atoms with Gasteiger partial charge in [-0.25, -0.2) is 4.39 Å². The highest BCUT2D eigenvalue weighted by Crippen LogP contribution is 2.29. The van der Waals surface area contributed by atoms with Crippen LogP contribution >= 0.6 is 0 Å². The van der Waals surface area contributed by atoms with E-state index in [-0.39, 0.29) is 36.5 Å². The number of nitrogens with one attached hydrogen (secondary N) is 1. The van der Waals surface area contributed by atoms with E-state index in [4.69, 9.17) is 4.52 Å². The lowest BCUT2D eigenvalue weighted by atomic mass is 10.1. The molecule has 1 aliphatic carbocycles. The van der Waals surface area contributed by atoms with Gasteiger partial charge in [-0.2, -0.15) is 0 Å². The molecule has 2 fully saturated rings. The van der Waals surface area contributed by atoms with Crippen molar-refractivity contribution in [3.8, 4) is 11.3 Å². The Balaban J connectivity index is 1.33. The van der Waals surface area contributed by atoms with Crippen molar-refractivity contribution in [3.63, 3.8) is 0 Å². The lowest BCUT2D eigenvalue weighted by Crippen LogP contribution is -2.36. The second kappa shape index (κ2) is 7.50. The fourth-order valence-electron chi connectivity index (χ4n) is 3.99. The van der Waals surface area contributed by atoms with E-state index >= 15 is 0 Å². The summed E-state index contributed by atoms with van der Waals surface area (Å²) in [4.78, 5) is 26.5. The monoisotopic (exact) mass is 371 g/mol. The number of hydrogen-bond acceptors (Lipinski definition) is 4. The van der Waals surface area contributed by atoms with Crippen LogP contribution < -0.4 is 5.32 Å². The maximum atomic E-state index is 13.8. The molecule has 0 bridgehead atoms. The van der Waals surface area contributed by atoms with Gasteiger partial charge in [0, 0.05) is 30.6 Å². The molecule has 2 heterocycles. The predicted octanol–water partition coefficient (Wildman–Crippen LogP) is 2.89. The highest BCUT2D eigenvalue weighted by atomic mass is 19.1. The molecule has 1 unspecified atom stereocenters. The molecule has 1 saturated carbocycles. The Morgan fingerprint density at radius 1 is 1.30 bits per heavy atom. The molecule has 0 spiro atoms. The first-order valence-corrected chi connectivity index (χ1v) is 9.39. The Morgan fingerprint density at radius 2 is 2.07 bits per heavy atom. The van der Waals surface area contributed by atoms with E-state index in [2.05, 4.69) is 10.5 Å². The number of carbonyl (C=O) groups excluding carboxylic acids is 2. The second-order valence-corrected chi connectivity index (χ2v) is 7.26. The van der Waals surface area contributed by atoms with Crippen molar-refractivity contribution in [3.05, 3.63) is 41.9 Å². The zero-order valence-electron chi connectivity index (χ0n) is 15.0. The van der Waals surface area contributed by atoms with Crippen LogP contribution in [0.5, 0.6) is 0 Å². The van der Waals surface area contributed by atoms with Gasteiger partial charge in [0.2, 0.25) is 11.8 Å². The van der Waals surface area contributed by atoms with Crippen LogP contribution in [-0.2, 0) is 16.1 Å². The second-order valence-electron chi connectivity index (χ2n) is 7.26. The number of nitrogens with zero attached hydrogens (tertiary/aromatic N) is 2. The zero-order valence-corrected chi connectivity index (χ0v) is 15.0. The van der Waals surface area contributed by atoms with Crippen molar-refractivity contribution in [1.29, 1.82) is 0 Å². The minimum Gasteiger partial charge on any atom is -0.359 e. The molecule has 0 radical (unpaired) electrons. The van der Waals surface area contributed by atoms with Gasteiger partial charge >= 0.3 is 0 Å². The maximum Gasteiger partial charge on any atom is 0.225 e. The molecule has 2 aliphatic rings. The third kappa shape index (κ3) is 3.72. The highest BCUT2D eigenvalue weighted by Gasteiger charge is 2.38. The molecule has 1 aliphatic heterocycles. The quantitative estimate of drug-likeness (QED) is 0.877. The topological polar surface area (TPSA) is 75.4 Å². The summed E-state index contributed by atoms with van der Waals surface area (Å²) in [6, 6.07) is 8.23. The standard InChI is InChI=1S/C20H22FN3O3/c21-17-8-4-3-7-16(17)18-10-15(27-23-18)11-22-20(26)13-9-19(25)24(12-13)14-5-1-2-6-14/h3-4,7-8,10,13-14H,1-2,5-6,9,11-12H2,(H,22,26). The number of carbonyl (C=O) groups is 2. The summed E-state index contributed by atoms with van der Waals surface area (Å²) in [5.74, 6) is -0.347. The predicted molar refractivity (Wildman–Crippen MR) is 95.8 cm³/mol. The average molecular weight is 371 g/mol. The molecule has 2 amide bonds. The molecule has 1 N–H and O–H groups in total. The van der Waals surface area contributed by atoms with E-state index in [0.29, 0.717) is 29.6 Å². The van der Waals surface area contributed by atoms with Gasteiger partial charge in [-0.05, 0) is 25.0 Å². The van der Waals surface area contributed by atoms with Crippen LogP contribution in [0.4, 0.5) is 4.39 Å². The van der Waals surface area contributed by atoms with E-state index in [1.54, 1.807) is 24.3 Å². The largest absolute Gasteiger partial charge is 0.359 e. The van der Waals surface area contributed by atoms with Crippen LogP contribution in [0.3, 0.4) is 0 Å². The minimum absolute atomic E-state index is 0.0727. The van der Waals surface area contributed by atoms with Crippen LogP contribution in [0.2, 0.25) is 0 Å². The van der Waals surface area contributed by atoms with E-state index in [0.717, 1.165) is 25.7 Å². The maximum absolute atomic E-state index is 13.8. The van der Waals surface area contributed by atoms with Crippen molar-refractivity contribution < 1.29 is 18.5 Å². The fraction of sp³-hybridized carbons (Fsp3) is 0.450. The van der Waals surface area contributed by atoms with E-state index in [1.807, 2.05) is 4.90 Å². The van der Waals surface area contributed by atoms with Gasteiger partial charge in [0.15, 0.2) is 5.76 Å². The first-order chi connectivity index (χ1) is 13.1. The molecular weight excluding hydrogens is 349 g/mol. The summed E-state index contributed by atoms with van der Waals surface area (Å²) in [7, 11) is 0. The molecule has 142 valence electrons. The Labute approximate surface area is 156 Å². The fourth-order valence-corrected chi connectivity index (χ4v) is 3.99. The third-order valence-corrected chi connectivity index (χ3v) is 5.44. The van der Waals surface area contributed by atoms with Gasteiger partial charge in [0.25, 0.3) is 0 Å². The van der Waals surface area contributed by atoms with Gasteiger partial charge in [-0.15, -0.1) is 0 Å². The first-order valence-electron chi connectivity index (χ1n) is 9.39. The number of hydrogen-bond donors (Lipinski definition) is 1. The average Bonchev–Trinajstić information content (AvgIpc) is 3.40. The number of amides is 2. The molecule has 27 heavy (non-hydrogen) atoms. The Morgan fingerprint density at radius 3 is 2.85 bits per heavy atom. The van der Waals surface area contributed by atoms with Crippen molar-refractivity contribution in [2.45, 2.75) is 44.7 Å². The molecule has 2 aromatic rings. The molecule has 1 saturated heterocycles. The summed E-state index contributed by atoms with van der Waals surface area (Å²) in [6.07, 6.45) is 4.65.